The van der Waals surface area contributed by atoms with Gasteiger partial charge in [0.2, 0.25) is 0 Å². The lowest BCUT2D eigenvalue weighted by molar-refractivity contribution is 0.254. The summed E-state index contributed by atoms with van der Waals surface area (Å²) in [5.41, 5.74) is 3.23. The van der Waals surface area contributed by atoms with Crippen molar-refractivity contribution in [2.45, 2.75) is 32.5 Å². The van der Waals surface area contributed by atoms with Gasteiger partial charge in [-0.25, -0.2) is 4.98 Å². The molecular formula is C19H27N5O2S. The van der Waals surface area contributed by atoms with E-state index in [1.807, 2.05) is 19.0 Å². The van der Waals surface area contributed by atoms with Crippen LogP contribution in [-0.4, -0.2) is 45.3 Å². The number of hydrogen-bond donors (Lipinski definition) is 2. The molecule has 0 aliphatic carbocycles. The number of nitrogens with one attached hydrogen (secondary N) is 2. The molecule has 0 amide bonds. The van der Waals surface area contributed by atoms with Crippen molar-refractivity contribution in [1.82, 2.24) is 15.6 Å². The third kappa shape index (κ3) is 4.63. The number of methoxy groups -OCH3 is 1. The molecule has 2 N–H and O–H groups in total. The van der Waals surface area contributed by atoms with Crippen LogP contribution < -0.4 is 25.0 Å². The van der Waals surface area contributed by atoms with Crippen LogP contribution in [0.4, 0.5) is 5.13 Å². The van der Waals surface area contributed by atoms with Crippen molar-refractivity contribution in [3.05, 3.63) is 34.3 Å². The second-order valence-electron chi connectivity index (χ2n) is 6.70. The van der Waals surface area contributed by atoms with Gasteiger partial charge in [-0.3, -0.25) is 4.99 Å². The Balaban J connectivity index is 1.60. The van der Waals surface area contributed by atoms with Crippen molar-refractivity contribution in [1.29, 1.82) is 0 Å². The van der Waals surface area contributed by atoms with Crippen molar-refractivity contribution in [3.63, 3.8) is 0 Å². The van der Waals surface area contributed by atoms with Crippen LogP contribution in [-0.2, 0) is 19.5 Å². The SMILES string of the molecule is CN=C(NCc1csc(N(C)C)n1)NCc1cc2c(cc1OC)CC(C)O2. The number of rotatable bonds is 6. The maximum absolute atomic E-state index is 5.87. The second-order valence-corrected chi connectivity index (χ2v) is 7.54. The van der Waals surface area contributed by atoms with Gasteiger partial charge in [-0.15, -0.1) is 11.3 Å². The highest BCUT2D eigenvalue weighted by atomic mass is 32.1. The second kappa shape index (κ2) is 8.47. The fourth-order valence-electron chi connectivity index (χ4n) is 2.97. The fourth-order valence-corrected chi connectivity index (χ4v) is 3.72. The minimum Gasteiger partial charge on any atom is -0.496 e. The molecule has 1 aliphatic rings. The molecule has 7 nitrogen and oxygen atoms in total. The van der Waals surface area contributed by atoms with Gasteiger partial charge in [0.1, 0.15) is 17.6 Å². The Morgan fingerprint density at radius 1 is 1.37 bits per heavy atom. The monoisotopic (exact) mass is 389 g/mol. The summed E-state index contributed by atoms with van der Waals surface area (Å²) in [6.07, 6.45) is 1.14. The summed E-state index contributed by atoms with van der Waals surface area (Å²) in [4.78, 5) is 10.9. The van der Waals surface area contributed by atoms with E-state index in [4.69, 9.17) is 9.47 Å². The highest BCUT2D eigenvalue weighted by molar-refractivity contribution is 7.13. The molecule has 1 aromatic heterocycles. The van der Waals surface area contributed by atoms with Crippen LogP contribution >= 0.6 is 11.3 Å². The van der Waals surface area contributed by atoms with Gasteiger partial charge >= 0.3 is 0 Å². The molecule has 3 rings (SSSR count). The van der Waals surface area contributed by atoms with Gasteiger partial charge in [0.25, 0.3) is 0 Å². The lowest BCUT2D eigenvalue weighted by Crippen LogP contribution is -2.36. The van der Waals surface area contributed by atoms with Gasteiger partial charge in [-0.05, 0) is 19.1 Å². The normalized spacial score (nSPS) is 15.9. The van der Waals surface area contributed by atoms with Crippen LogP contribution in [0.1, 0.15) is 23.7 Å². The molecule has 0 saturated heterocycles. The molecule has 0 fully saturated rings. The standard InChI is InChI=1S/C19H27N5O2S/c1-12-6-13-7-16(25-5)14(8-17(13)26-12)9-21-18(20-2)22-10-15-11-27-19(23-15)24(3)4/h7-8,11-12H,6,9-10H2,1-5H3,(H2,20,21,22). The van der Waals surface area contributed by atoms with E-state index in [9.17, 15) is 0 Å². The van der Waals surface area contributed by atoms with E-state index in [0.29, 0.717) is 19.0 Å². The summed E-state index contributed by atoms with van der Waals surface area (Å²) in [5, 5.41) is 9.67. The van der Waals surface area contributed by atoms with Gasteiger partial charge in [0, 0.05) is 50.6 Å². The van der Waals surface area contributed by atoms with Crippen molar-refractivity contribution in [2.24, 2.45) is 4.99 Å². The first kappa shape index (κ1) is 19.3. The number of nitrogens with zero attached hydrogens (tertiary/aromatic N) is 3. The van der Waals surface area contributed by atoms with Crippen LogP contribution in [0.3, 0.4) is 0 Å². The third-order valence-corrected chi connectivity index (χ3v) is 5.39. The lowest BCUT2D eigenvalue weighted by atomic mass is 10.1. The number of aromatic nitrogens is 1. The van der Waals surface area contributed by atoms with E-state index in [-0.39, 0.29) is 6.10 Å². The lowest BCUT2D eigenvalue weighted by Gasteiger charge is -2.14. The first-order chi connectivity index (χ1) is 13.0. The molecule has 8 heteroatoms. The molecule has 27 heavy (non-hydrogen) atoms. The van der Waals surface area contributed by atoms with E-state index in [2.05, 4.69) is 45.0 Å². The van der Waals surface area contributed by atoms with Gasteiger partial charge in [0.05, 0.1) is 19.3 Å². The average Bonchev–Trinajstić information content (AvgIpc) is 3.26. The van der Waals surface area contributed by atoms with Crippen LogP contribution in [0.5, 0.6) is 11.5 Å². The average molecular weight is 390 g/mol. The zero-order chi connectivity index (χ0) is 19.4. The predicted molar refractivity (Wildman–Crippen MR) is 110 cm³/mol. The molecule has 1 aliphatic heterocycles. The highest BCUT2D eigenvalue weighted by Crippen LogP contribution is 2.34. The van der Waals surface area contributed by atoms with Crippen LogP contribution in [0.15, 0.2) is 22.5 Å². The molecule has 0 saturated carbocycles. The molecule has 146 valence electrons. The zero-order valence-corrected chi connectivity index (χ0v) is 17.3. The summed E-state index contributed by atoms with van der Waals surface area (Å²) in [7, 11) is 7.43. The van der Waals surface area contributed by atoms with Crippen molar-refractivity contribution in [2.75, 3.05) is 33.2 Å². The maximum Gasteiger partial charge on any atom is 0.191 e. The predicted octanol–water partition coefficient (Wildman–Crippen LogP) is 2.41. The Bertz CT molecular complexity index is 818. The number of guanidine groups is 1. The molecular weight excluding hydrogens is 362 g/mol. The molecule has 2 aromatic rings. The number of thiazole rings is 1. The molecule has 0 bridgehead atoms. The number of ether oxygens (including phenoxy) is 2. The number of benzene rings is 1. The molecule has 2 heterocycles. The smallest absolute Gasteiger partial charge is 0.191 e. The highest BCUT2D eigenvalue weighted by Gasteiger charge is 2.21. The van der Waals surface area contributed by atoms with E-state index >= 15 is 0 Å². The van der Waals surface area contributed by atoms with Crippen LogP contribution in [0.2, 0.25) is 0 Å². The quantitative estimate of drug-likeness (QED) is 0.584. The Hall–Kier alpha value is -2.48. The molecule has 1 atom stereocenters. The van der Waals surface area contributed by atoms with Crippen molar-refractivity contribution < 1.29 is 9.47 Å². The van der Waals surface area contributed by atoms with E-state index in [1.54, 1.807) is 25.5 Å². The summed E-state index contributed by atoms with van der Waals surface area (Å²) in [6.45, 7) is 3.29. The first-order valence-corrected chi connectivity index (χ1v) is 9.80. The van der Waals surface area contributed by atoms with Gasteiger partial charge in [0.15, 0.2) is 11.1 Å². The Morgan fingerprint density at radius 2 is 2.15 bits per heavy atom. The van der Waals surface area contributed by atoms with Crippen molar-refractivity contribution in [3.8, 4) is 11.5 Å². The minimum absolute atomic E-state index is 0.215. The third-order valence-electron chi connectivity index (χ3n) is 4.33. The number of anilines is 1. The summed E-state index contributed by atoms with van der Waals surface area (Å²) in [6, 6.07) is 4.13. The summed E-state index contributed by atoms with van der Waals surface area (Å²) < 4.78 is 11.4. The van der Waals surface area contributed by atoms with E-state index < -0.39 is 0 Å². The van der Waals surface area contributed by atoms with E-state index in [1.165, 1.54) is 5.56 Å². The molecule has 1 aromatic carbocycles. The van der Waals surface area contributed by atoms with E-state index in [0.717, 1.165) is 34.3 Å². The van der Waals surface area contributed by atoms with Gasteiger partial charge < -0.3 is 25.0 Å². The summed E-state index contributed by atoms with van der Waals surface area (Å²) >= 11 is 1.63. The van der Waals surface area contributed by atoms with Gasteiger partial charge in [-0.1, -0.05) is 0 Å². The van der Waals surface area contributed by atoms with Crippen LogP contribution in [0.25, 0.3) is 0 Å². The zero-order valence-electron chi connectivity index (χ0n) is 16.5. The number of fused-ring (bicyclic) bond motifs is 1. The Kier molecular flexibility index (Phi) is 6.05. The fraction of sp³-hybridized carbons (Fsp3) is 0.474. The van der Waals surface area contributed by atoms with Crippen LogP contribution in [0, 0.1) is 0 Å². The summed E-state index contributed by atoms with van der Waals surface area (Å²) in [5.74, 6) is 2.53. The molecule has 0 spiro atoms. The topological polar surface area (TPSA) is 71.0 Å². The Morgan fingerprint density at radius 3 is 2.81 bits per heavy atom. The van der Waals surface area contributed by atoms with Crippen molar-refractivity contribution >= 4 is 22.4 Å². The maximum atomic E-state index is 5.87. The molecule has 0 radical (unpaired) electrons. The molecule has 1 unspecified atom stereocenters. The first-order valence-electron chi connectivity index (χ1n) is 8.92. The minimum atomic E-state index is 0.215. The van der Waals surface area contributed by atoms with Gasteiger partial charge in [-0.2, -0.15) is 0 Å². The Labute approximate surface area is 164 Å². The number of aliphatic imine (C=N–C) groups is 1. The largest absolute Gasteiger partial charge is 0.496 e. The number of hydrogen-bond acceptors (Lipinski definition) is 6.